The fourth-order valence-corrected chi connectivity index (χ4v) is 1.44. The summed E-state index contributed by atoms with van der Waals surface area (Å²) in [4.78, 5) is 11.0. The van der Waals surface area contributed by atoms with Crippen LogP contribution in [0.2, 0.25) is 0 Å². The topological polar surface area (TPSA) is 26.3 Å². The minimum Gasteiger partial charge on any atom is -0.465 e. The summed E-state index contributed by atoms with van der Waals surface area (Å²) in [6.07, 6.45) is 0. The molecule has 70 valence electrons. The summed E-state index contributed by atoms with van der Waals surface area (Å²) in [6.45, 7) is 0. The molecule has 0 saturated carbocycles. The molecule has 1 aromatic carbocycles. The Labute approximate surface area is 87.0 Å². The van der Waals surface area contributed by atoms with E-state index in [1.165, 1.54) is 7.11 Å². The highest BCUT2D eigenvalue weighted by atomic mass is 127. The minimum atomic E-state index is -1.05. The first-order valence-corrected chi connectivity index (χ1v) is 4.37. The highest BCUT2D eigenvalue weighted by Crippen LogP contribution is 2.17. The van der Waals surface area contributed by atoms with Crippen molar-refractivity contribution in [2.24, 2.45) is 0 Å². The van der Waals surface area contributed by atoms with Crippen LogP contribution >= 0.6 is 22.6 Å². The second-order valence-corrected chi connectivity index (χ2v) is 3.40. The number of carbonyl (C=O) groups is 1. The Morgan fingerprint density at radius 1 is 1.38 bits per heavy atom. The van der Waals surface area contributed by atoms with Crippen LogP contribution in [0, 0.1) is 15.2 Å². The van der Waals surface area contributed by atoms with Gasteiger partial charge in [0.15, 0.2) is 11.6 Å². The summed E-state index contributed by atoms with van der Waals surface area (Å²) in [6, 6.07) is 1.77. The molecule has 0 aliphatic heterocycles. The average Bonchev–Trinajstić information content (AvgIpc) is 2.10. The normalized spacial score (nSPS) is 9.85. The summed E-state index contributed by atoms with van der Waals surface area (Å²) in [5, 5.41) is 0. The Morgan fingerprint density at radius 3 is 2.46 bits per heavy atom. The molecule has 0 N–H and O–H groups in total. The van der Waals surface area contributed by atoms with Crippen molar-refractivity contribution in [1.29, 1.82) is 0 Å². The van der Waals surface area contributed by atoms with Gasteiger partial charge < -0.3 is 4.74 Å². The highest BCUT2D eigenvalue weighted by Gasteiger charge is 2.14. The minimum absolute atomic E-state index is 0.0296. The molecule has 0 saturated heterocycles. The molecule has 13 heavy (non-hydrogen) atoms. The van der Waals surface area contributed by atoms with E-state index in [1.807, 2.05) is 0 Å². The van der Waals surface area contributed by atoms with Crippen molar-refractivity contribution in [2.75, 3.05) is 7.11 Å². The number of hydrogen-bond donors (Lipinski definition) is 0. The van der Waals surface area contributed by atoms with Crippen LogP contribution in [-0.2, 0) is 4.74 Å². The zero-order valence-electron chi connectivity index (χ0n) is 6.61. The molecule has 0 atom stereocenters. The summed E-state index contributed by atoms with van der Waals surface area (Å²) in [5.41, 5.74) is 0.0296. The van der Waals surface area contributed by atoms with Gasteiger partial charge >= 0.3 is 5.97 Å². The van der Waals surface area contributed by atoms with Crippen molar-refractivity contribution >= 4 is 28.6 Å². The van der Waals surface area contributed by atoms with Gasteiger partial charge in [0.05, 0.1) is 12.7 Å². The lowest BCUT2D eigenvalue weighted by Gasteiger charge is -2.02. The van der Waals surface area contributed by atoms with Crippen molar-refractivity contribution in [3.8, 4) is 0 Å². The third-order valence-electron chi connectivity index (χ3n) is 1.42. The molecule has 1 rings (SSSR count). The van der Waals surface area contributed by atoms with Gasteiger partial charge in [-0.3, -0.25) is 0 Å². The van der Waals surface area contributed by atoms with Crippen LogP contribution < -0.4 is 0 Å². The van der Waals surface area contributed by atoms with E-state index in [0.29, 0.717) is 3.57 Å². The monoisotopic (exact) mass is 298 g/mol. The van der Waals surface area contributed by atoms with Crippen LogP contribution in [0.5, 0.6) is 0 Å². The van der Waals surface area contributed by atoms with Crippen LogP contribution in [0.4, 0.5) is 8.78 Å². The fraction of sp³-hybridized carbons (Fsp3) is 0.125. The van der Waals surface area contributed by atoms with Gasteiger partial charge in [0.25, 0.3) is 0 Å². The van der Waals surface area contributed by atoms with E-state index in [9.17, 15) is 13.6 Å². The van der Waals surface area contributed by atoms with Crippen molar-refractivity contribution < 1.29 is 18.3 Å². The molecule has 0 fully saturated rings. The Hall–Kier alpha value is -0.720. The maximum atomic E-state index is 12.7. The van der Waals surface area contributed by atoms with Gasteiger partial charge in [0, 0.05) is 3.57 Å². The maximum Gasteiger partial charge on any atom is 0.339 e. The van der Waals surface area contributed by atoms with Crippen molar-refractivity contribution in [3.63, 3.8) is 0 Å². The molecule has 0 aliphatic rings. The van der Waals surface area contributed by atoms with Crippen molar-refractivity contribution in [3.05, 3.63) is 32.9 Å². The molecule has 0 unspecified atom stereocenters. The largest absolute Gasteiger partial charge is 0.465 e. The number of hydrogen-bond acceptors (Lipinski definition) is 2. The summed E-state index contributed by atoms with van der Waals surface area (Å²) < 4.78 is 30.0. The molecule has 2 nitrogen and oxygen atoms in total. The lowest BCUT2D eigenvalue weighted by Crippen LogP contribution is -2.05. The van der Waals surface area contributed by atoms with Crippen LogP contribution in [0.1, 0.15) is 10.4 Å². The Bertz CT molecular complexity index is 352. The van der Waals surface area contributed by atoms with Crippen molar-refractivity contribution in [2.45, 2.75) is 0 Å². The lowest BCUT2D eigenvalue weighted by molar-refractivity contribution is 0.0599. The van der Waals surface area contributed by atoms with E-state index >= 15 is 0 Å². The third kappa shape index (κ3) is 2.15. The zero-order valence-corrected chi connectivity index (χ0v) is 8.76. The second-order valence-electron chi connectivity index (χ2n) is 2.24. The highest BCUT2D eigenvalue weighted by molar-refractivity contribution is 14.1. The van der Waals surface area contributed by atoms with E-state index < -0.39 is 17.6 Å². The van der Waals surface area contributed by atoms with Gasteiger partial charge in [0.2, 0.25) is 0 Å². The summed E-state index contributed by atoms with van der Waals surface area (Å²) >= 11 is 1.73. The van der Waals surface area contributed by atoms with Crippen LogP contribution in [0.25, 0.3) is 0 Å². The molecule has 0 spiro atoms. The first kappa shape index (κ1) is 10.4. The zero-order chi connectivity index (χ0) is 10.0. The van der Waals surface area contributed by atoms with Gasteiger partial charge in [-0.2, -0.15) is 0 Å². The number of carbonyl (C=O) groups excluding carboxylic acids is 1. The molecule has 0 bridgehead atoms. The molecule has 0 aromatic heterocycles. The molecule has 5 heteroatoms. The Balaban J connectivity index is 3.23. The third-order valence-corrected chi connectivity index (χ3v) is 2.31. The smallest absolute Gasteiger partial charge is 0.339 e. The molecule has 0 radical (unpaired) electrons. The Kier molecular flexibility index (Phi) is 3.18. The maximum absolute atomic E-state index is 12.7. The molecule has 0 heterocycles. The molecular weight excluding hydrogens is 293 g/mol. The van der Waals surface area contributed by atoms with E-state index in [2.05, 4.69) is 4.74 Å². The quantitative estimate of drug-likeness (QED) is 0.452. The fourth-order valence-electron chi connectivity index (χ4n) is 0.789. The van der Waals surface area contributed by atoms with E-state index in [1.54, 1.807) is 22.6 Å². The summed E-state index contributed by atoms with van der Waals surface area (Å²) in [7, 11) is 1.18. The summed E-state index contributed by atoms with van der Waals surface area (Å²) in [5.74, 6) is -2.71. The van der Waals surface area contributed by atoms with Gasteiger partial charge in [-0.15, -0.1) is 0 Å². The second kappa shape index (κ2) is 3.99. The number of benzene rings is 1. The number of rotatable bonds is 1. The molecule has 0 amide bonds. The average molecular weight is 298 g/mol. The van der Waals surface area contributed by atoms with Gasteiger partial charge in [0.1, 0.15) is 0 Å². The first-order valence-electron chi connectivity index (χ1n) is 3.29. The van der Waals surface area contributed by atoms with Gasteiger partial charge in [-0.25, -0.2) is 13.6 Å². The number of esters is 1. The lowest BCUT2D eigenvalue weighted by atomic mass is 10.2. The molecular formula is C8H5F2IO2. The number of ether oxygens (including phenoxy) is 1. The number of halogens is 3. The molecule has 0 aliphatic carbocycles. The standard InChI is InChI=1S/C8H5F2IO2/c1-13-8(12)4-2-5(9)6(10)3-7(4)11/h2-3H,1H3. The van der Waals surface area contributed by atoms with Crippen LogP contribution in [0.3, 0.4) is 0 Å². The SMILES string of the molecule is COC(=O)c1cc(F)c(F)cc1I. The van der Waals surface area contributed by atoms with Crippen LogP contribution in [0.15, 0.2) is 12.1 Å². The van der Waals surface area contributed by atoms with E-state index in [-0.39, 0.29) is 5.56 Å². The predicted molar refractivity (Wildman–Crippen MR) is 50.4 cm³/mol. The Morgan fingerprint density at radius 2 is 1.92 bits per heavy atom. The first-order chi connectivity index (χ1) is 6.06. The van der Waals surface area contributed by atoms with Gasteiger partial charge in [-0.05, 0) is 34.7 Å². The van der Waals surface area contributed by atoms with Crippen molar-refractivity contribution in [1.82, 2.24) is 0 Å². The number of methoxy groups -OCH3 is 1. The predicted octanol–water partition coefficient (Wildman–Crippen LogP) is 2.36. The van der Waals surface area contributed by atoms with Crippen LogP contribution in [-0.4, -0.2) is 13.1 Å². The van der Waals surface area contributed by atoms with E-state index in [0.717, 1.165) is 12.1 Å². The molecule has 1 aromatic rings. The van der Waals surface area contributed by atoms with E-state index in [4.69, 9.17) is 0 Å². The van der Waals surface area contributed by atoms with Gasteiger partial charge in [-0.1, -0.05) is 0 Å².